The van der Waals surface area contributed by atoms with E-state index < -0.39 is 4.58 Å². The molecule has 3 nitrogen and oxygen atoms in total. The Bertz CT molecular complexity index is 211. The predicted molar refractivity (Wildman–Crippen MR) is 57.2 cm³/mol. The molecule has 82 valence electrons. The van der Waals surface area contributed by atoms with Crippen molar-refractivity contribution in [1.82, 2.24) is 10.6 Å². The first-order valence-electron chi connectivity index (χ1n) is 4.89. The van der Waals surface area contributed by atoms with Gasteiger partial charge in [-0.1, -0.05) is 6.42 Å². The van der Waals surface area contributed by atoms with Crippen molar-refractivity contribution < 1.29 is 9.18 Å². The van der Waals surface area contributed by atoms with Gasteiger partial charge < -0.3 is 10.6 Å². The van der Waals surface area contributed by atoms with E-state index >= 15 is 0 Å². The van der Waals surface area contributed by atoms with Gasteiger partial charge in [0, 0.05) is 19.5 Å². The quantitative estimate of drug-likeness (QED) is 0.581. The van der Waals surface area contributed by atoms with Crippen LogP contribution < -0.4 is 10.6 Å². The van der Waals surface area contributed by atoms with E-state index in [1.165, 1.54) is 0 Å². The molecule has 0 bridgehead atoms. The Kier molecular flexibility index (Phi) is 4.16. The van der Waals surface area contributed by atoms with Crippen LogP contribution in [-0.2, 0) is 0 Å². The largest absolute Gasteiger partial charge is 0.341 e. The molecule has 0 spiro atoms. The predicted octanol–water partition coefficient (Wildman–Crippen LogP) is 2.17. The van der Waals surface area contributed by atoms with Crippen LogP contribution in [0.2, 0.25) is 0 Å². The molecule has 1 saturated carbocycles. The van der Waals surface area contributed by atoms with Crippen LogP contribution in [0.4, 0.5) is 9.18 Å². The van der Waals surface area contributed by atoms with E-state index in [4.69, 9.17) is 0 Å². The first-order valence-corrected chi connectivity index (χ1v) is 5.69. The lowest BCUT2D eigenvalue weighted by molar-refractivity contribution is 0.242. The molecule has 2 amide bonds. The molecule has 0 radical (unpaired) electrons. The number of carbonyl (C=O) groups excluding carboxylic acids is 1. The van der Waals surface area contributed by atoms with Gasteiger partial charge in [-0.05, 0) is 35.2 Å². The van der Waals surface area contributed by atoms with E-state index in [2.05, 4.69) is 26.6 Å². The molecule has 0 aliphatic heterocycles. The van der Waals surface area contributed by atoms with Gasteiger partial charge in [-0.3, -0.25) is 0 Å². The Labute approximate surface area is 91.9 Å². The van der Waals surface area contributed by atoms with Gasteiger partial charge in [-0.2, -0.15) is 0 Å². The molecule has 5 heteroatoms. The standard InChI is InChI=1S/C9H16BrFN2O/c1-12-8(14)13-5-3-2-4-7-6-9(7,10)11/h7H,2-6H2,1H3,(H2,12,13,14). The highest BCUT2D eigenvalue weighted by atomic mass is 79.9. The maximum absolute atomic E-state index is 13.0. The summed E-state index contributed by atoms with van der Waals surface area (Å²) in [5.41, 5.74) is 0. The molecule has 2 unspecified atom stereocenters. The minimum atomic E-state index is -1.08. The van der Waals surface area contributed by atoms with Gasteiger partial charge in [-0.15, -0.1) is 0 Å². The number of amides is 2. The third-order valence-corrected chi connectivity index (χ3v) is 3.42. The van der Waals surface area contributed by atoms with Crippen molar-refractivity contribution in [3.05, 3.63) is 0 Å². The highest BCUT2D eigenvalue weighted by molar-refractivity contribution is 9.10. The number of unbranched alkanes of at least 4 members (excludes halogenated alkanes) is 1. The van der Waals surface area contributed by atoms with Gasteiger partial charge in [0.25, 0.3) is 0 Å². The molecule has 2 atom stereocenters. The monoisotopic (exact) mass is 266 g/mol. The highest BCUT2D eigenvalue weighted by Crippen LogP contribution is 2.54. The fourth-order valence-corrected chi connectivity index (χ4v) is 2.01. The molecule has 0 saturated heterocycles. The van der Waals surface area contributed by atoms with Gasteiger partial charge >= 0.3 is 6.03 Å². The second-order valence-electron chi connectivity index (χ2n) is 3.66. The summed E-state index contributed by atoms with van der Waals surface area (Å²) >= 11 is 3.01. The summed E-state index contributed by atoms with van der Waals surface area (Å²) in [5.74, 6) is 0.183. The van der Waals surface area contributed by atoms with Crippen molar-refractivity contribution in [2.45, 2.75) is 30.3 Å². The number of alkyl halides is 2. The molecule has 1 rings (SSSR count). The van der Waals surface area contributed by atoms with E-state index in [-0.39, 0.29) is 11.9 Å². The second kappa shape index (κ2) is 4.96. The fourth-order valence-electron chi connectivity index (χ4n) is 1.39. The van der Waals surface area contributed by atoms with E-state index in [1.54, 1.807) is 7.05 Å². The summed E-state index contributed by atoms with van der Waals surface area (Å²) in [4.78, 5) is 10.7. The van der Waals surface area contributed by atoms with Crippen LogP contribution >= 0.6 is 15.9 Å². The number of nitrogens with one attached hydrogen (secondary N) is 2. The first kappa shape index (κ1) is 11.8. The van der Waals surface area contributed by atoms with Gasteiger partial charge in [0.1, 0.15) is 0 Å². The van der Waals surface area contributed by atoms with Crippen LogP contribution in [0.1, 0.15) is 25.7 Å². The summed E-state index contributed by atoms with van der Waals surface area (Å²) in [6, 6.07) is -0.156. The van der Waals surface area contributed by atoms with Crippen LogP contribution in [0.25, 0.3) is 0 Å². The Balaban J connectivity index is 1.88. The number of rotatable bonds is 5. The molecule has 0 heterocycles. The Morgan fingerprint density at radius 3 is 2.79 bits per heavy atom. The topological polar surface area (TPSA) is 41.1 Å². The third kappa shape index (κ3) is 3.82. The lowest BCUT2D eigenvalue weighted by atomic mass is 10.2. The minimum Gasteiger partial charge on any atom is -0.341 e. The lowest BCUT2D eigenvalue weighted by Crippen LogP contribution is -2.33. The molecule has 2 N–H and O–H groups in total. The number of carbonyl (C=O) groups is 1. The Morgan fingerprint density at radius 1 is 1.64 bits per heavy atom. The smallest absolute Gasteiger partial charge is 0.314 e. The molecule has 1 fully saturated rings. The summed E-state index contributed by atoms with van der Waals surface area (Å²) in [7, 11) is 1.59. The lowest BCUT2D eigenvalue weighted by Gasteiger charge is -2.03. The van der Waals surface area contributed by atoms with E-state index in [1.807, 2.05) is 0 Å². The summed E-state index contributed by atoms with van der Waals surface area (Å²) in [5, 5.41) is 5.16. The van der Waals surface area contributed by atoms with Gasteiger partial charge in [0.2, 0.25) is 0 Å². The van der Waals surface area contributed by atoms with Gasteiger partial charge in [-0.25, -0.2) is 9.18 Å². The molecule has 1 aliphatic carbocycles. The van der Waals surface area contributed by atoms with E-state index in [9.17, 15) is 9.18 Å². The van der Waals surface area contributed by atoms with Crippen LogP contribution in [0.5, 0.6) is 0 Å². The number of halogens is 2. The summed E-state index contributed by atoms with van der Waals surface area (Å²) < 4.78 is 11.9. The van der Waals surface area contributed by atoms with Gasteiger partial charge in [0.05, 0.1) is 0 Å². The Hall–Kier alpha value is -0.320. The van der Waals surface area contributed by atoms with Crippen molar-refractivity contribution in [2.75, 3.05) is 13.6 Å². The SMILES string of the molecule is CNC(=O)NCCCCC1CC1(F)Br. The summed E-state index contributed by atoms with van der Waals surface area (Å²) in [6.45, 7) is 0.661. The fraction of sp³-hybridized carbons (Fsp3) is 0.889. The van der Waals surface area contributed by atoms with Crippen molar-refractivity contribution in [1.29, 1.82) is 0 Å². The number of hydrogen-bond donors (Lipinski definition) is 2. The third-order valence-electron chi connectivity index (χ3n) is 2.45. The molecular formula is C9H16BrFN2O. The van der Waals surface area contributed by atoms with Gasteiger partial charge in [0.15, 0.2) is 4.58 Å². The van der Waals surface area contributed by atoms with E-state index in [0.717, 1.165) is 19.3 Å². The highest BCUT2D eigenvalue weighted by Gasteiger charge is 2.52. The van der Waals surface area contributed by atoms with Crippen molar-refractivity contribution in [2.24, 2.45) is 5.92 Å². The maximum atomic E-state index is 13.0. The zero-order chi connectivity index (χ0) is 10.6. The summed E-state index contributed by atoms with van der Waals surface area (Å²) in [6.07, 6.45) is 3.41. The molecule has 0 aromatic rings. The number of urea groups is 1. The second-order valence-corrected chi connectivity index (χ2v) is 4.98. The zero-order valence-electron chi connectivity index (χ0n) is 8.28. The molecule has 0 aromatic heterocycles. The normalized spacial score (nSPS) is 29.8. The van der Waals surface area contributed by atoms with E-state index in [0.29, 0.717) is 13.0 Å². The van der Waals surface area contributed by atoms with Crippen LogP contribution in [0, 0.1) is 5.92 Å². The zero-order valence-corrected chi connectivity index (χ0v) is 9.86. The Morgan fingerprint density at radius 2 is 2.29 bits per heavy atom. The minimum absolute atomic E-state index is 0.156. The van der Waals surface area contributed by atoms with Crippen molar-refractivity contribution >= 4 is 22.0 Å². The average Bonchev–Trinajstić information content (AvgIpc) is 2.73. The average molecular weight is 267 g/mol. The van der Waals surface area contributed by atoms with Crippen molar-refractivity contribution in [3.63, 3.8) is 0 Å². The van der Waals surface area contributed by atoms with Crippen molar-refractivity contribution in [3.8, 4) is 0 Å². The molecule has 1 aliphatic rings. The van der Waals surface area contributed by atoms with Crippen LogP contribution in [0.15, 0.2) is 0 Å². The van der Waals surface area contributed by atoms with Crippen LogP contribution in [0.3, 0.4) is 0 Å². The number of hydrogen-bond acceptors (Lipinski definition) is 1. The molecule has 14 heavy (non-hydrogen) atoms. The molecule has 0 aromatic carbocycles. The molecular weight excluding hydrogens is 251 g/mol. The maximum Gasteiger partial charge on any atom is 0.314 e. The van der Waals surface area contributed by atoms with Crippen LogP contribution in [-0.4, -0.2) is 24.2 Å². The first-order chi connectivity index (χ1) is 6.56.